The number of hydrogen-bond acceptors (Lipinski definition) is 5. The summed E-state index contributed by atoms with van der Waals surface area (Å²) in [5.41, 5.74) is 20.1. The van der Waals surface area contributed by atoms with Crippen LogP contribution in [0.4, 0.5) is 4.39 Å². The maximum absolute atomic E-state index is 15.0. The molecule has 8 N–H and O–H groups in total. The summed E-state index contributed by atoms with van der Waals surface area (Å²) in [6, 6.07) is 12.8. The number of benzene rings is 2. The van der Waals surface area contributed by atoms with Gasteiger partial charge in [0.2, 0.25) is 0 Å². The third-order valence-corrected chi connectivity index (χ3v) is 7.03. The van der Waals surface area contributed by atoms with Gasteiger partial charge in [-0.1, -0.05) is 29.8 Å². The molecule has 2 atom stereocenters. The quantitative estimate of drug-likeness (QED) is 0.0695. The van der Waals surface area contributed by atoms with Crippen molar-refractivity contribution in [3.8, 4) is 16.9 Å². The lowest BCUT2D eigenvalue weighted by molar-refractivity contribution is 0.616. The van der Waals surface area contributed by atoms with Crippen molar-refractivity contribution in [2.24, 2.45) is 22.2 Å². The Kier molecular flexibility index (Phi) is 9.93. The molecule has 2 heterocycles. The second-order valence-corrected chi connectivity index (χ2v) is 10.6. The van der Waals surface area contributed by atoms with E-state index in [1.807, 2.05) is 31.2 Å². The standard InChI is InChI=1S/C30H36ClFN8O/c1-3-22(37-29(34)35)11-12-36-16-19-7-9-23(10-8-19)40-17-21-15-26(38-28(21)39-30(40)41)24-13-20(6-4-5-18(2)33)14-25(31)27(24)32/h3,7-10,13-15,17-18,22,36H,1,4-6,11-12,16,33H2,2H3,(H4,34,35,37)(H,38,39,41)/t18-,22-/m0/s1. The van der Waals surface area contributed by atoms with Crippen LogP contribution in [0.1, 0.15) is 37.3 Å². The smallest absolute Gasteiger partial charge is 0.354 e. The summed E-state index contributed by atoms with van der Waals surface area (Å²) in [4.78, 5) is 24.3. The van der Waals surface area contributed by atoms with E-state index in [4.69, 9.17) is 28.8 Å². The van der Waals surface area contributed by atoms with E-state index < -0.39 is 11.5 Å². The Morgan fingerprint density at radius 3 is 2.66 bits per heavy atom. The van der Waals surface area contributed by atoms with Gasteiger partial charge in [-0.2, -0.15) is 4.98 Å². The highest BCUT2D eigenvalue weighted by atomic mass is 35.5. The van der Waals surface area contributed by atoms with Crippen molar-refractivity contribution < 1.29 is 4.39 Å². The first-order valence-electron chi connectivity index (χ1n) is 13.5. The van der Waals surface area contributed by atoms with Gasteiger partial charge in [-0.25, -0.2) is 14.2 Å². The fraction of sp³-hybridized carbons (Fsp3) is 0.300. The summed E-state index contributed by atoms with van der Waals surface area (Å²) < 4.78 is 16.5. The van der Waals surface area contributed by atoms with E-state index in [0.717, 1.165) is 30.4 Å². The average Bonchev–Trinajstić information content (AvgIpc) is 3.34. The molecule has 2 aromatic heterocycles. The Bertz CT molecular complexity index is 1590. The summed E-state index contributed by atoms with van der Waals surface area (Å²) >= 11 is 6.22. The lowest BCUT2D eigenvalue weighted by atomic mass is 10.0. The summed E-state index contributed by atoms with van der Waals surface area (Å²) in [5.74, 6) is -0.483. The highest BCUT2D eigenvalue weighted by Gasteiger charge is 2.15. The zero-order valence-corrected chi connectivity index (χ0v) is 23.8. The number of halogens is 2. The van der Waals surface area contributed by atoms with Gasteiger partial charge in [0.25, 0.3) is 0 Å². The molecule has 0 spiro atoms. The van der Waals surface area contributed by atoms with E-state index in [9.17, 15) is 4.79 Å². The van der Waals surface area contributed by atoms with Gasteiger partial charge in [0.1, 0.15) is 5.65 Å². The van der Waals surface area contributed by atoms with Crippen LogP contribution in [0.5, 0.6) is 0 Å². The van der Waals surface area contributed by atoms with E-state index in [2.05, 4.69) is 26.9 Å². The minimum absolute atomic E-state index is 0.0406. The third kappa shape index (κ3) is 7.81. The predicted octanol–water partition coefficient (Wildman–Crippen LogP) is 4.15. The molecule has 0 aliphatic carbocycles. The Labute approximate surface area is 243 Å². The number of guanidine groups is 1. The predicted molar refractivity (Wildman–Crippen MR) is 165 cm³/mol. The first-order chi connectivity index (χ1) is 19.6. The van der Waals surface area contributed by atoms with E-state index in [-0.39, 0.29) is 23.1 Å². The molecular formula is C30H36ClFN8O. The average molecular weight is 579 g/mol. The fourth-order valence-electron chi connectivity index (χ4n) is 4.62. The number of H-pyrrole nitrogens is 1. The Morgan fingerprint density at radius 2 is 1.98 bits per heavy atom. The second kappa shape index (κ2) is 13.6. The SMILES string of the molecule is C=C[C@@H](CCNCc1ccc(-n2cc3cc(-c4cc(CCC[C@H](C)N)cc(Cl)c4F)[nH]c3nc2=O)cc1)N=C(N)N. The Morgan fingerprint density at radius 1 is 1.22 bits per heavy atom. The number of hydrogen-bond donors (Lipinski definition) is 5. The number of aromatic nitrogens is 3. The summed E-state index contributed by atoms with van der Waals surface area (Å²) in [6.07, 6.45) is 6.59. The summed E-state index contributed by atoms with van der Waals surface area (Å²) in [6.45, 7) is 7.05. The highest BCUT2D eigenvalue weighted by molar-refractivity contribution is 6.31. The molecule has 0 radical (unpaired) electrons. The van der Waals surface area contributed by atoms with Crippen molar-refractivity contribution in [2.45, 2.75) is 51.2 Å². The van der Waals surface area contributed by atoms with Crippen molar-refractivity contribution >= 4 is 28.6 Å². The number of nitrogens with one attached hydrogen (secondary N) is 2. The number of nitrogens with zero attached hydrogens (tertiary/aromatic N) is 3. The largest absolute Gasteiger partial charge is 0.370 e. The number of nitrogens with two attached hydrogens (primary N) is 3. The fourth-order valence-corrected chi connectivity index (χ4v) is 4.86. The van der Waals surface area contributed by atoms with Crippen molar-refractivity contribution in [1.82, 2.24) is 19.9 Å². The minimum Gasteiger partial charge on any atom is -0.370 e. The topological polar surface area (TPSA) is 153 Å². The normalized spacial score (nSPS) is 12.8. The molecule has 216 valence electrons. The summed E-state index contributed by atoms with van der Waals surface area (Å²) in [7, 11) is 0. The van der Waals surface area contributed by atoms with Gasteiger partial charge < -0.3 is 27.5 Å². The first kappa shape index (κ1) is 30.0. The molecule has 11 heteroatoms. The monoisotopic (exact) mass is 578 g/mol. The van der Waals surface area contributed by atoms with Gasteiger partial charge in [-0.05, 0) is 80.6 Å². The molecule has 0 bridgehead atoms. The van der Waals surface area contributed by atoms with Crippen LogP contribution in [0.2, 0.25) is 5.02 Å². The van der Waals surface area contributed by atoms with Crippen LogP contribution in [0, 0.1) is 5.82 Å². The van der Waals surface area contributed by atoms with Gasteiger partial charge >= 0.3 is 5.69 Å². The van der Waals surface area contributed by atoms with Crippen molar-refractivity contribution in [1.29, 1.82) is 0 Å². The number of rotatable bonds is 13. The van der Waals surface area contributed by atoms with Gasteiger partial charge in [-0.3, -0.25) is 4.57 Å². The van der Waals surface area contributed by atoms with Crippen LogP contribution in [0.25, 0.3) is 28.0 Å². The molecule has 0 fully saturated rings. The number of fused-ring (bicyclic) bond motifs is 1. The second-order valence-electron chi connectivity index (χ2n) is 10.2. The van der Waals surface area contributed by atoms with E-state index in [1.54, 1.807) is 30.5 Å². The maximum Gasteiger partial charge on any atom is 0.354 e. The number of aliphatic imine (C=N–C) groups is 1. The van der Waals surface area contributed by atoms with Crippen LogP contribution in [-0.2, 0) is 13.0 Å². The van der Waals surface area contributed by atoms with Crippen molar-refractivity contribution in [3.63, 3.8) is 0 Å². The molecule has 0 amide bonds. The molecule has 0 saturated carbocycles. The molecule has 0 aliphatic heterocycles. The van der Waals surface area contributed by atoms with Crippen LogP contribution in [0.15, 0.2) is 71.1 Å². The Balaban J connectivity index is 1.49. The zero-order chi connectivity index (χ0) is 29.5. The molecule has 41 heavy (non-hydrogen) atoms. The molecule has 4 rings (SSSR count). The van der Waals surface area contributed by atoms with E-state index in [1.165, 1.54) is 4.57 Å². The van der Waals surface area contributed by atoms with E-state index >= 15 is 4.39 Å². The maximum atomic E-state index is 15.0. The van der Waals surface area contributed by atoms with Gasteiger partial charge in [0.05, 0.1) is 22.4 Å². The molecule has 0 saturated heterocycles. The molecule has 0 unspecified atom stereocenters. The van der Waals surface area contributed by atoms with Gasteiger partial charge in [-0.15, -0.1) is 6.58 Å². The number of aromatic amines is 1. The van der Waals surface area contributed by atoms with Crippen LogP contribution in [-0.4, -0.2) is 39.1 Å². The van der Waals surface area contributed by atoms with Gasteiger partial charge in [0, 0.05) is 29.7 Å². The first-order valence-corrected chi connectivity index (χ1v) is 13.9. The van der Waals surface area contributed by atoms with Crippen molar-refractivity contribution in [3.05, 3.63) is 93.8 Å². The molecule has 2 aromatic carbocycles. The van der Waals surface area contributed by atoms with E-state index in [0.29, 0.717) is 47.5 Å². The minimum atomic E-state index is -0.523. The molecular weight excluding hydrogens is 543 g/mol. The molecule has 9 nitrogen and oxygen atoms in total. The zero-order valence-electron chi connectivity index (χ0n) is 23.0. The van der Waals surface area contributed by atoms with Crippen LogP contribution < -0.4 is 28.2 Å². The lowest BCUT2D eigenvalue weighted by Crippen LogP contribution is -2.26. The number of aryl methyl sites for hydroxylation is 1. The van der Waals surface area contributed by atoms with Gasteiger partial charge in [0.15, 0.2) is 11.8 Å². The lowest BCUT2D eigenvalue weighted by Gasteiger charge is -2.10. The Hall–Kier alpha value is -3.99. The molecule has 4 aromatic rings. The summed E-state index contributed by atoms with van der Waals surface area (Å²) in [5, 5.41) is 4.07. The third-order valence-electron chi connectivity index (χ3n) is 6.76. The van der Waals surface area contributed by atoms with Crippen molar-refractivity contribution in [2.75, 3.05) is 6.54 Å². The van der Waals surface area contributed by atoms with Crippen LogP contribution >= 0.6 is 11.6 Å². The molecule has 0 aliphatic rings. The highest BCUT2D eigenvalue weighted by Crippen LogP contribution is 2.31. The van der Waals surface area contributed by atoms with Crippen LogP contribution in [0.3, 0.4) is 0 Å².